The minimum absolute atomic E-state index is 0.0229. The lowest BCUT2D eigenvalue weighted by Gasteiger charge is -2.11. The molecule has 1 aromatic heterocycles. The Morgan fingerprint density at radius 3 is 2.90 bits per heavy atom. The van der Waals surface area contributed by atoms with Crippen molar-refractivity contribution in [2.75, 3.05) is 18.4 Å². The van der Waals surface area contributed by atoms with E-state index in [1.54, 1.807) is 10.9 Å². The second-order valence-electron chi connectivity index (χ2n) is 5.09. The Morgan fingerprint density at radius 2 is 2.15 bits per heavy atom. The van der Waals surface area contributed by atoms with E-state index >= 15 is 0 Å². The van der Waals surface area contributed by atoms with E-state index in [1.165, 1.54) is 12.8 Å². The number of nitrogens with one attached hydrogen (secondary N) is 2. The lowest BCUT2D eigenvalue weighted by molar-refractivity contribution is -0.115. The van der Waals surface area contributed by atoms with Crippen LogP contribution in [0.4, 0.5) is 5.69 Å². The number of carbonyl (C=O) groups excluding carboxylic acids is 1. The molecule has 0 unspecified atom stereocenters. The molecule has 1 aliphatic rings. The third kappa shape index (κ3) is 3.24. The van der Waals surface area contributed by atoms with Crippen molar-refractivity contribution in [3.05, 3.63) is 42.7 Å². The van der Waals surface area contributed by atoms with Crippen molar-refractivity contribution >= 4 is 11.6 Å². The average molecular weight is 270 g/mol. The van der Waals surface area contributed by atoms with Gasteiger partial charge in [0.05, 0.1) is 17.9 Å². The van der Waals surface area contributed by atoms with Gasteiger partial charge in [0.1, 0.15) is 0 Å². The Morgan fingerprint density at radius 1 is 1.30 bits per heavy atom. The third-order valence-electron chi connectivity index (χ3n) is 3.34. The highest BCUT2D eigenvalue weighted by molar-refractivity contribution is 5.94. The zero-order chi connectivity index (χ0) is 13.8. The number of hydrogen-bond donors (Lipinski definition) is 2. The Hall–Kier alpha value is -2.14. The van der Waals surface area contributed by atoms with Crippen LogP contribution < -0.4 is 10.6 Å². The second kappa shape index (κ2) is 5.88. The van der Waals surface area contributed by atoms with Crippen LogP contribution in [0, 0.1) is 5.92 Å². The van der Waals surface area contributed by atoms with Crippen LogP contribution in [0.25, 0.3) is 5.69 Å². The molecule has 0 atom stereocenters. The van der Waals surface area contributed by atoms with E-state index in [1.807, 2.05) is 36.5 Å². The summed E-state index contributed by atoms with van der Waals surface area (Å²) in [7, 11) is 0. The molecule has 5 heteroatoms. The van der Waals surface area contributed by atoms with E-state index in [4.69, 9.17) is 0 Å². The number of hydrogen-bond acceptors (Lipinski definition) is 3. The molecule has 1 saturated carbocycles. The normalized spacial score (nSPS) is 14.2. The van der Waals surface area contributed by atoms with Gasteiger partial charge in [-0.2, -0.15) is 5.10 Å². The number of nitrogens with zero attached hydrogens (tertiary/aromatic N) is 2. The van der Waals surface area contributed by atoms with E-state index in [-0.39, 0.29) is 5.91 Å². The highest BCUT2D eigenvalue weighted by Gasteiger charge is 2.20. The van der Waals surface area contributed by atoms with Crippen LogP contribution in [0.15, 0.2) is 42.7 Å². The van der Waals surface area contributed by atoms with Crippen molar-refractivity contribution in [1.82, 2.24) is 15.1 Å². The molecule has 1 amide bonds. The smallest absolute Gasteiger partial charge is 0.238 e. The van der Waals surface area contributed by atoms with E-state index in [9.17, 15) is 4.79 Å². The Bertz CT molecular complexity index is 575. The molecule has 0 aliphatic heterocycles. The van der Waals surface area contributed by atoms with Gasteiger partial charge >= 0.3 is 0 Å². The summed E-state index contributed by atoms with van der Waals surface area (Å²) < 4.78 is 1.74. The number of para-hydroxylation sites is 2. The van der Waals surface area contributed by atoms with Crippen LogP contribution in [0.1, 0.15) is 12.8 Å². The van der Waals surface area contributed by atoms with Gasteiger partial charge in [0.15, 0.2) is 0 Å². The van der Waals surface area contributed by atoms with E-state index < -0.39 is 0 Å². The lowest BCUT2D eigenvalue weighted by Crippen LogP contribution is -2.29. The van der Waals surface area contributed by atoms with Crippen molar-refractivity contribution in [2.24, 2.45) is 5.92 Å². The van der Waals surface area contributed by atoms with Crippen LogP contribution in [-0.2, 0) is 4.79 Å². The highest BCUT2D eigenvalue weighted by Crippen LogP contribution is 2.27. The molecule has 0 bridgehead atoms. The molecule has 1 aromatic carbocycles. The van der Waals surface area contributed by atoms with Gasteiger partial charge in [-0.05, 0) is 43.5 Å². The first-order chi connectivity index (χ1) is 9.83. The summed E-state index contributed by atoms with van der Waals surface area (Å²) in [6, 6.07) is 9.50. The number of carbonyl (C=O) groups is 1. The monoisotopic (exact) mass is 270 g/mol. The minimum Gasteiger partial charge on any atom is -0.323 e. The largest absolute Gasteiger partial charge is 0.323 e. The van der Waals surface area contributed by atoms with Crippen molar-refractivity contribution in [1.29, 1.82) is 0 Å². The third-order valence-corrected chi connectivity index (χ3v) is 3.34. The number of aromatic nitrogens is 2. The van der Waals surface area contributed by atoms with Crippen molar-refractivity contribution < 1.29 is 4.79 Å². The summed E-state index contributed by atoms with van der Waals surface area (Å²) in [5.41, 5.74) is 1.64. The summed E-state index contributed by atoms with van der Waals surface area (Å²) in [5.74, 6) is 0.754. The maximum absolute atomic E-state index is 11.9. The molecule has 20 heavy (non-hydrogen) atoms. The molecule has 2 aromatic rings. The zero-order valence-electron chi connectivity index (χ0n) is 11.2. The number of rotatable bonds is 6. The Kier molecular flexibility index (Phi) is 3.78. The average Bonchev–Trinajstić information content (AvgIpc) is 3.11. The molecule has 0 spiro atoms. The summed E-state index contributed by atoms with van der Waals surface area (Å²) in [5, 5.41) is 10.3. The summed E-state index contributed by atoms with van der Waals surface area (Å²) >= 11 is 0. The SMILES string of the molecule is O=C(CNCC1CC1)Nc1ccccc1-n1cccn1. The van der Waals surface area contributed by atoms with Gasteiger partial charge in [-0.1, -0.05) is 12.1 Å². The van der Waals surface area contributed by atoms with Gasteiger partial charge in [0.25, 0.3) is 0 Å². The van der Waals surface area contributed by atoms with E-state index in [0.717, 1.165) is 23.8 Å². The number of anilines is 1. The first-order valence-electron chi connectivity index (χ1n) is 6.92. The predicted octanol–water partition coefficient (Wildman–Crippen LogP) is 1.81. The fourth-order valence-electron chi connectivity index (χ4n) is 2.10. The van der Waals surface area contributed by atoms with Crippen molar-refractivity contribution in [3.8, 4) is 5.69 Å². The molecule has 1 fully saturated rings. The van der Waals surface area contributed by atoms with E-state index in [0.29, 0.717) is 6.54 Å². The first kappa shape index (κ1) is 12.9. The fraction of sp³-hybridized carbons (Fsp3) is 0.333. The molecule has 2 N–H and O–H groups in total. The molecular formula is C15H18N4O. The van der Waals surface area contributed by atoms with Crippen LogP contribution in [0.2, 0.25) is 0 Å². The summed E-state index contributed by atoms with van der Waals surface area (Å²) in [6.45, 7) is 1.29. The molecular weight excluding hydrogens is 252 g/mol. The van der Waals surface area contributed by atoms with Crippen LogP contribution in [0.5, 0.6) is 0 Å². The minimum atomic E-state index is -0.0229. The van der Waals surface area contributed by atoms with Gasteiger partial charge in [-0.25, -0.2) is 4.68 Å². The lowest BCUT2D eigenvalue weighted by atomic mass is 10.2. The molecule has 1 aliphatic carbocycles. The van der Waals surface area contributed by atoms with Gasteiger partial charge in [-0.3, -0.25) is 4.79 Å². The molecule has 104 valence electrons. The zero-order valence-corrected chi connectivity index (χ0v) is 11.2. The van der Waals surface area contributed by atoms with Gasteiger partial charge in [-0.15, -0.1) is 0 Å². The van der Waals surface area contributed by atoms with Gasteiger partial charge < -0.3 is 10.6 Å². The number of amides is 1. The Labute approximate surface area is 118 Å². The maximum Gasteiger partial charge on any atom is 0.238 e. The number of benzene rings is 1. The van der Waals surface area contributed by atoms with Crippen molar-refractivity contribution in [3.63, 3.8) is 0 Å². The highest BCUT2D eigenvalue weighted by atomic mass is 16.1. The van der Waals surface area contributed by atoms with Crippen LogP contribution >= 0.6 is 0 Å². The van der Waals surface area contributed by atoms with Crippen LogP contribution in [0.3, 0.4) is 0 Å². The van der Waals surface area contributed by atoms with Crippen LogP contribution in [-0.4, -0.2) is 28.8 Å². The quantitative estimate of drug-likeness (QED) is 0.841. The summed E-state index contributed by atoms with van der Waals surface area (Å²) in [6.07, 6.45) is 6.15. The predicted molar refractivity (Wildman–Crippen MR) is 77.8 cm³/mol. The summed E-state index contributed by atoms with van der Waals surface area (Å²) in [4.78, 5) is 11.9. The molecule has 1 heterocycles. The standard InChI is InChI=1S/C15H18N4O/c20-15(11-16-10-12-6-7-12)18-13-4-1-2-5-14(13)19-9-3-8-17-19/h1-5,8-9,12,16H,6-7,10-11H2,(H,18,20). The molecule has 0 radical (unpaired) electrons. The first-order valence-corrected chi connectivity index (χ1v) is 6.92. The molecule has 5 nitrogen and oxygen atoms in total. The van der Waals surface area contributed by atoms with Crippen molar-refractivity contribution in [2.45, 2.75) is 12.8 Å². The molecule has 3 rings (SSSR count). The molecule has 0 saturated heterocycles. The van der Waals surface area contributed by atoms with E-state index in [2.05, 4.69) is 15.7 Å². The Balaban J connectivity index is 1.62. The second-order valence-corrected chi connectivity index (χ2v) is 5.09. The maximum atomic E-state index is 11.9. The van der Waals surface area contributed by atoms with Gasteiger partial charge in [0.2, 0.25) is 5.91 Å². The van der Waals surface area contributed by atoms with Gasteiger partial charge in [0, 0.05) is 12.4 Å². The topological polar surface area (TPSA) is 59.0 Å². The fourth-order valence-corrected chi connectivity index (χ4v) is 2.10.